The van der Waals surface area contributed by atoms with E-state index in [2.05, 4.69) is 5.32 Å². The number of hydrogen-bond donors (Lipinski definition) is 1. The number of furan rings is 1. The van der Waals surface area contributed by atoms with Gasteiger partial charge in [0.1, 0.15) is 12.1 Å². The first-order chi connectivity index (χ1) is 12.0. The van der Waals surface area contributed by atoms with Gasteiger partial charge in [0.05, 0.1) is 16.7 Å². The van der Waals surface area contributed by atoms with E-state index in [1.165, 1.54) is 48.9 Å². The molecule has 0 saturated carbocycles. The average molecular weight is 360 g/mol. The monoisotopic (exact) mass is 360 g/mol. The molecule has 0 radical (unpaired) electrons. The number of rotatable bonds is 5. The molecule has 8 heteroatoms. The van der Waals surface area contributed by atoms with Crippen LogP contribution in [-0.2, 0) is 4.79 Å². The molecule has 2 aromatic rings. The van der Waals surface area contributed by atoms with Gasteiger partial charge in [-0.1, -0.05) is 12.1 Å². The van der Waals surface area contributed by atoms with Gasteiger partial charge in [0.15, 0.2) is 0 Å². The number of nitrogens with one attached hydrogen (secondary N) is 1. The maximum absolute atomic E-state index is 12.9. The fraction of sp³-hybridized carbons (Fsp3) is 0.118. The van der Waals surface area contributed by atoms with E-state index in [4.69, 9.17) is 4.42 Å². The number of benzene rings is 1. The summed E-state index contributed by atoms with van der Waals surface area (Å²) in [4.78, 5) is 37.4. The second-order valence-electron chi connectivity index (χ2n) is 5.15. The number of thioether (sulfide) groups is 1. The van der Waals surface area contributed by atoms with Crippen LogP contribution in [0.3, 0.4) is 0 Å². The highest BCUT2D eigenvalue weighted by atomic mass is 32.2. The lowest BCUT2D eigenvalue weighted by Crippen LogP contribution is -2.37. The average Bonchev–Trinajstić information content (AvgIpc) is 3.21. The van der Waals surface area contributed by atoms with Gasteiger partial charge in [-0.3, -0.25) is 19.3 Å². The Balaban J connectivity index is 1.59. The van der Waals surface area contributed by atoms with Crippen molar-refractivity contribution in [2.75, 3.05) is 13.1 Å². The predicted molar refractivity (Wildman–Crippen MR) is 90.1 cm³/mol. The number of nitrogens with zero attached hydrogens (tertiary/aromatic N) is 1. The third-order valence-corrected chi connectivity index (χ3v) is 4.35. The predicted octanol–water partition coefficient (Wildman–Crippen LogP) is 2.89. The lowest BCUT2D eigenvalue weighted by atomic mass is 10.2. The Hall–Kier alpha value is -2.87. The molecule has 2 heterocycles. The molecule has 1 aliphatic rings. The van der Waals surface area contributed by atoms with Crippen molar-refractivity contribution >= 4 is 34.9 Å². The summed E-state index contributed by atoms with van der Waals surface area (Å²) in [5.74, 6) is -1.15. The third-order valence-electron chi connectivity index (χ3n) is 3.45. The summed E-state index contributed by atoms with van der Waals surface area (Å²) in [6.45, 7) is 0.195. The van der Waals surface area contributed by atoms with Crippen molar-refractivity contribution in [1.29, 1.82) is 0 Å². The van der Waals surface area contributed by atoms with E-state index in [0.717, 1.165) is 16.7 Å². The van der Waals surface area contributed by atoms with Gasteiger partial charge in [0, 0.05) is 13.1 Å². The molecule has 0 unspecified atom stereocenters. The van der Waals surface area contributed by atoms with Crippen molar-refractivity contribution in [2.24, 2.45) is 0 Å². The lowest BCUT2D eigenvalue weighted by molar-refractivity contribution is -0.122. The molecule has 1 N–H and O–H groups in total. The van der Waals surface area contributed by atoms with Crippen molar-refractivity contribution in [1.82, 2.24) is 10.2 Å². The van der Waals surface area contributed by atoms with E-state index in [1.54, 1.807) is 0 Å². The minimum atomic E-state index is -0.433. The molecule has 3 rings (SSSR count). The summed E-state index contributed by atoms with van der Waals surface area (Å²) in [5.41, 5.74) is 0.991. The minimum Gasteiger partial charge on any atom is -0.472 e. The van der Waals surface area contributed by atoms with Gasteiger partial charge in [0.2, 0.25) is 0 Å². The molecule has 0 spiro atoms. The van der Waals surface area contributed by atoms with Gasteiger partial charge in [-0.05, 0) is 41.6 Å². The van der Waals surface area contributed by atoms with Crippen LogP contribution in [0.1, 0.15) is 15.9 Å². The summed E-state index contributed by atoms with van der Waals surface area (Å²) < 4.78 is 17.7. The van der Waals surface area contributed by atoms with Crippen LogP contribution in [0.2, 0.25) is 0 Å². The highest BCUT2D eigenvalue weighted by molar-refractivity contribution is 8.18. The molecule has 6 nitrogen and oxygen atoms in total. The van der Waals surface area contributed by atoms with E-state index in [1.807, 2.05) is 0 Å². The molecule has 1 aromatic heterocycles. The molecule has 0 bridgehead atoms. The van der Waals surface area contributed by atoms with Crippen LogP contribution in [-0.4, -0.2) is 35.0 Å². The maximum Gasteiger partial charge on any atom is 0.293 e. The van der Waals surface area contributed by atoms with Gasteiger partial charge in [0.25, 0.3) is 17.1 Å². The number of carbonyl (C=O) groups excluding carboxylic acids is 3. The molecular weight excluding hydrogens is 347 g/mol. The molecular formula is C17H13FN2O4S. The van der Waals surface area contributed by atoms with Gasteiger partial charge in [-0.2, -0.15) is 0 Å². The molecule has 3 amide bonds. The van der Waals surface area contributed by atoms with Crippen molar-refractivity contribution in [3.63, 3.8) is 0 Å². The number of carbonyl (C=O) groups is 3. The number of imide groups is 1. The Labute approximate surface area is 146 Å². The number of halogens is 1. The largest absolute Gasteiger partial charge is 0.472 e. The van der Waals surface area contributed by atoms with Gasteiger partial charge in [-0.25, -0.2) is 4.39 Å². The highest BCUT2D eigenvalue weighted by Crippen LogP contribution is 2.31. The van der Waals surface area contributed by atoms with Crippen LogP contribution in [0.4, 0.5) is 9.18 Å². The van der Waals surface area contributed by atoms with Gasteiger partial charge < -0.3 is 9.73 Å². The van der Waals surface area contributed by atoms with Crippen LogP contribution in [0.15, 0.2) is 52.2 Å². The molecule has 1 fully saturated rings. The van der Waals surface area contributed by atoms with E-state index < -0.39 is 11.1 Å². The van der Waals surface area contributed by atoms with E-state index in [9.17, 15) is 18.8 Å². The Kier molecular flexibility index (Phi) is 4.99. The van der Waals surface area contributed by atoms with Crippen LogP contribution >= 0.6 is 11.8 Å². The van der Waals surface area contributed by atoms with Gasteiger partial charge in [-0.15, -0.1) is 0 Å². The second-order valence-corrected chi connectivity index (χ2v) is 6.15. The molecule has 1 aromatic carbocycles. The molecule has 1 saturated heterocycles. The van der Waals surface area contributed by atoms with E-state index in [0.29, 0.717) is 11.1 Å². The zero-order valence-electron chi connectivity index (χ0n) is 12.9. The standard InChI is InChI=1S/C17H13FN2O4S/c18-13-3-1-11(2-4-13)9-14-16(22)20(17(23)25-14)7-6-19-15(21)12-5-8-24-10-12/h1-5,8-10H,6-7H2,(H,19,21)/b14-9-. The quantitative estimate of drug-likeness (QED) is 0.830. The smallest absolute Gasteiger partial charge is 0.293 e. The highest BCUT2D eigenvalue weighted by Gasteiger charge is 2.34. The van der Waals surface area contributed by atoms with Crippen LogP contribution in [0.25, 0.3) is 6.08 Å². The zero-order valence-corrected chi connectivity index (χ0v) is 13.7. The van der Waals surface area contributed by atoms with Crippen molar-refractivity contribution in [2.45, 2.75) is 0 Å². The molecule has 0 aliphatic carbocycles. The topological polar surface area (TPSA) is 79.6 Å². The number of hydrogen-bond acceptors (Lipinski definition) is 5. The first kappa shape index (κ1) is 17.0. The molecule has 0 atom stereocenters. The normalized spacial score (nSPS) is 15.9. The SMILES string of the molecule is O=C(NCCN1C(=O)S/C(=C\c2ccc(F)cc2)C1=O)c1ccoc1. The van der Waals surface area contributed by atoms with Gasteiger partial charge >= 0.3 is 0 Å². The zero-order chi connectivity index (χ0) is 17.8. The van der Waals surface area contributed by atoms with Crippen LogP contribution < -0.4 is 5.32 Å². The Morgan fingerprint density at radius 2 is 2.00 bits per heavy atom. The third kappa shape index (κ3) is 3.97. The summed E-state index contributed by atoms with van der Waals surface area (Å²) in [6.07, 6.45) is 4.22. The Bertz CT molecular complexity index is 831. The minimum absolute atomic E-state index is 0.0645. The lowest BCUT2D eigenvalue weighted by Gasteiger charge is -2.12. The summed E-state index contributed by atoms with van der Waals surface area (Å²) in [7, 11) is 0. The first-order valence-electron chi connectivity index (χ1n) is 7.36. The Morgan fingerprint density at radius 1 is 1.24 bits per heavy atom. The number of amides is 3. The molecule has 128 valence electrons. The van der Waals surface area contributed by atoms with E-state index >= 15 is 0 Å². The van der Waals surface area contributed by atoms with Crippen molar-refractivity contribution in [3.05, 3.63) is 64.7 Å². The van der Waals surface area contributed by atoms with Crippen LogP contribution in [0.5, 0.6) is 0 Å². The van der Waals surface area contributed by atoms with Crippen molar-refractivity contribution in [3.8, 4) is 0 Å². The molecule has 25 heavy (non-hydrogen) atoms. The second kappa shape index (κ2) is 7.35. The summed E-state index contributed by atoms with van der Waals surface area (Å²) in [5, 5.41) is 2.20. The maximum atomic E-state index is 12.9. The first-order valence-corrected chi connectivity index (χ1v) is 8.17. The fourth-order valence-corrected chi connectivity index (χ4v) is 3.05. The Morgan fingerprint density at radius 3 is 2.68 bits per heavy atom. The van der Waals surface area contributed by atoms with Crippen molar-refractivity contribution < 1.29 is 23.2 Å². The fourth-order valence-electron chi connectivity index (χ4n) is 2.18. The summed E-state index contributed by atoms with van der Waals surface area (Å²) >= 11 is 0.815. The van der Waals surface area contributed by atoms with E-state index in [-0.39, 0.29) is 29.7 Å². The van der Waals surface area contributed by atoms with Crippen LogP contribution in [0, 0.1) is 5.82 Å². The molecule has 1 aliphatic heterocycles. The summed E-state index contributed by atoms with van der Waals surface area (Å²) in [6, 6.07) is 7.12.